The monoisotopic (exact) mass is 579 g/mol. The molecule has 5 aromatic rings. The van der Waals surface area contributed by atoms with E-state index < -0.39 is 6.04 Å². The van der Waals surface area contributed by atoms with Gasteiger partial charge in [-0.1, -0.05) is 71.5 Å². The molecule has 0 bridgehead atoms. The van der Waals surface area contributed by atoms with Gasteiger partial charge in [-0.3, -0.25) is 14.2 Å². The second-order valence-corrected chi connectivity index (χ2v) is 11.2. The molecule has 0 unspecified atom stereocenters. The average molecular weight is 580 g/mol. The number of benzene rings is 3. The van der Waals surface area contributed by atoms with E-state index in [1.165, 1.54) is 11.3 Å². The van der Waals surface area contributed by atoms with E-state index in [0.717, 1.165) is 28.2 Å². The lowest BCUT2D eigenvalue weighted by atomic mass is 9.95. The third-order valence-corrected chi connectivity index (χ3v) is 8.34. The molecule has 0 fully saturated rings. The molecular formula is C32H26ClN5O2S. The summed E-state index contributed by atoms with van der Waals surface area (Å²) in [6.07, 6.45) is 1.88. The Kier molecular flexibility index (Phi) is 7.03. The smallest absolute Gasteiger partial charge is 0.271 e. The molecule has 0 radical (unpaired) electrons. The molecule has 6 rings (SSSR count). The Morgan fingerprint density at radius 1 is 0.951 bits per heavy atom. The third kappa shape index (κ3) is 4.96. The molecular weight excluding hydrogens is 554 g/mol. The lowest BCUT2D eigenvalue weighted by molar-refractivity contribution is -0.113. The van der Waals surface area contributed by atoms with Gasteiger partial charge in [-0.05, 0) is 68.8 Å². The van der Waals surface area contributed by atoms with Crippen molar-refractivity contribution in [3.8, 4) is 5.69 Å². The lowest BCUT2D eigenvalue weighted by Crippen LogP contribution is -2.40. The number of anilines is 1. The van der Waals surface area contributed by atoms with Crippen LogP contribution in [0.3, 0.4) is 0 Å². The molecule has 0 saturated carbocycles. The Labute approximate surface area is 245 Å². The first-order valence-corrected chi connectivity index (χ1v) is 14.3. The Morgan fingerprint density at radius 3 is 2.29 bits per heavy atom. The van der Waals surface area contributed by atoms with E-state index in [0.29, 0.717) is 31.3 Å². The number of carbonyl (C=O) groups is 1. The van der Waals surface area contributed by atoms with Gasteiger partial charge in [0.05, 0.1) is 33.2 Å². The fraction of sp³-hybridized carbons (Fsp3) is 0.125. The molecule has 1 atom stereocenters. The second kappa shape index (κ2) is 10.8. The van der Waals surface area contributed by atoms with Gasteiger partial charge in [0.15, 0.2) is 4.80 Å². The van der Waals surface area contributed by atoms with Crippen LogP contribution in [-0.4, -0.2) is 20.3 Å². The zero-order valence-electron chi connectivity index (χ0n) is 22.6. The van der Waals surface area contributed by atoms with Gasteiger partial charge >= 0.3 is 0 Å². The van der Waals surface area contributed by atoms with E-state index in [9.17, 15) is 9.59 Å². The van der Waals surface area contributed by atoms with Gasteiger partial charge in [-0.15, -0.1) is 0 Å². The average Bonchev–Trinajstić information content (AvgIpc) is 3.43. The number of amides is 1. The number of hydrogen-bond acceptors (Lipinski definition) is 5. The number of para-hydroxylation sites is 2. The number of nitrogens with one attached hydrogen (secondary N) is 1. The van der Waals surface area contributed by atoms with E-state index in [1.54, 1.807) is 23.6 Å². The van der Waals surface area contributed by atoms with E-state index >= 15 is 0 Å². The Morgan fingerprint density at radius 2 is 1.61 bits per heavy atom. The maximum Gasteiger partial charge on any atom is 0.271 e. The predicted octanol–water partition coefficient (Wildman–Crippen LogP) is 5.33. The van der Waals surface area contributed by atoms with Crippen molar-refractivity contribution in [2.75, 3.05) is 5.32 Å². The van der Waals surface area contributed by atoms with Gasteiger partial charge < -0.3 is 5.32 Å². The van der Waals surface area contributed by atoms with Crippen molar-refractivity contribution in [1.82, 2.24) is 14.3 Å². The summed E-state index contributed by atoms with van der Waals surface area (Å²) in [5.74, 6) is -0.317. The van der Waals surface area contributed by atoms with Crippen molar-refractivity contribution < 1.29 is 4.79 Å². The standard InChI is InChI=1S/C32H26ClN5O2S/c1-19-26(21(3)38(36-19)25-12-8-5-9-13-25)18-27-31(40)37-29(22-14-16-23(33)17-15-22)28(20(2)34-32(37)41-27)30(39)35-24-10-6-4-7-11-24/h4-18,29H,1-3H3,(H,35,39)/b27-18+/t29-/m1/s1. The van der Waals surface area contributed by atoms with Gasteiger partial charge in [0.2, 0.25) is 0 Å². The fourth-order valence-corrected chi connectivity index (χ4v) is 6.26. The van der Waals surface area contributed by atoms with Gasteiger partial charge in [-0.25, -0.2) is 9.67 Å². The molecule has 2 aromatic heterocycles. The maximum atomic E-state index is 14.1. The quantitative estimate of drug-likeness (QED) is 0.306. The highest BCUT2D eigenvalue weighted by molar-refractivity contribution is 7.07. The number of aryl methyl sites for hydroxylation is 1. The molecule has 1 amide bonds. The van der Waals surface area contributed by atoms with Crippen LogP contribution in [0.5, 0.6) is 0 Å². The minimum atomic E-state index is -0.677. The molecule has 3 aromatic carbocycles. The highest BCUT2D eigenvalue weighted by Crippen LogP contribution is 2.31. The van der Waals surface area contributed by atoms with E-state index in [1.807, 2.05) is 97.4 Å². The zero-order chi connectivity index (χ0) is 28.7. The summed E-state index contributed by atoms with van der Waals surface area (Å²) in [6.45, 7) is 5.72. The summed E-state index contributed by atoms with van der Waals surface area (Å²) in [5.41, 5.74) is 5.71. The van der Waals surface area contributed by atoms with Crippen LogP contribution in [0.1, 0.15) is 35.5 Å². The van der Waals surface area contributed by atoms with Crippen LogP contribution in [0, 0.1) is 13.8 Å². The number of carbonyl (C=O) groups excluding carboxylic acids is 1. The first-order chi connectivity index (χ1) is 19.8. The minimum absolute atomic E-state index is 0.225. The summed E-state index contributed by atoms with van der Waals surface area (Å²) in [7, 11) is 0. The minimum Gasteiger partial charge on any atom is -0.322 e. The molecule has 204 valence electrons. The molecule has 1 aliphatic rings. The second-order valence-electron chi connectivity index (χ2n) is 9.79. The predicted molar refractivity (Wildman–Crippen MR) is 163 cm³/mol. The summed E-state index contributed by atoms with van der Waals surface area (Å²) < 4.78 is 4.00. The van der Waals surface area contributed by atoms with Crippen LogP contribution < -0.4 is 20.2 Å². The van der Waals surface area contributed by atoms with Crippen molar-refractivity contribution in [3.63, 3.8) is 0 Å². The Balaban J connectivity index is 1.50. The maximum absolute atomic E-state index is 14.1. The van der Waals surface area contributed by atoms with E-state index in [-0.39, 0.29) is 11.5 Å². The Bertz CT molecular complexity index is 1990. The van der Waals surface area contributed by atoms with Gasteiger partial charge in [0, 0.05) is 22.0 Å². The van der Waals surface area contributed by atoms with Crippen LogP contribution in [0.25, 0.3) is 11.8 Å². The zero-order valence-corrected chi connectivity index (χ0v) is 24.2. The number of fused-ring (bicyclic) bond motifs is 1. The van der Waals surface area contributed by atoms with Crippen LogP contribution in [-0.2, 0) is 4.79 Å². The first kappa shape index (κ1) is 26.7. The highest BCUT2D eigenvalue weighted by atomic mass is 35.5. The number of aromatic nitrogens is 3. The molecule has 7 nitrogen and oxygen atoms in total. The number of hydrogen-bond donors (Lipinski definition) is 1. The lowest BCUT2D eigenvalue weighted by Gasteiger charge is -2.25. The van der Waals surface area contributed by atoms with Gasteiger partial charge in [0.1, 0.15) is 0 Å². The van der Waals surface area contributed by atoms with Gasteiger partial charge in [-0.2, -0.15) is 5.10 Å². The van der Waals surface area contributed by atoms with Crippen molar-refractivity contribution in [3.05, 3.63) is 143 Å². The van der Waals surface area contributed by atoms with Crippen LogP contribution >= 0.6 is 22.9 Å². The molecule has 0 spiro atoms. The molecule has 3 heterocycles. The van der Waals surface area contributed by atoms with E-state index in [4.69, 9.17) is 21.7 Å². The first-order valence-electron chi connectivity index (χ1n) is 13.1. The molecule has 41 heavy (non-hydrogen) atoms. The largest absolute Gasteiger partial charge is 0.322 e. The number of halogens is 1. The highest BCUT2D eigenvalue weighted by Gasteiger charge is 2.32. The number of allylic oxidation sites excluding steroid dienone is 1. The summed E-state index contributed by atoms with van der Waals surface area (Å²) in [6, 6.07) is 25.7. The number of rotatable bonds is 5. The normalized spacial score (nSPS) is 15.0. The molecule has 0 aliphatic carbocycles. The summed E-state index contributed by atoms with van der Waals surface area (Å²) >= 11 is 7.50. The topological polar surface area (TPSA) is 81.3 Å². The fourth-order valence-electron chi connectivity index (χ4n) is 5.11. The van der Waals surface area contributed by atoms with Crippen LogP contribution in [0.2, 0.25) is 5.02 Å². The van der Waals surface area contributed by atoms with Crippen LogP contribution in [0.4, 0.5) is 5.69 Å². The van der Waals surface area contributed by atoms with Crippen molar-refractivity contribution in [2.45, 2.75) is 26.8 Å². The van der Waals surface area contributed by atoms with Crippen LogP contribution in [0.15, 0.2) is 106 Å². The third-order valence-electron chi connectivity index (χ3n) is 7.11. The van der Waals surface area contributed by atoms with Crippen molar-refractivity contribution in [1.29, 1.82) is 0 Å². The van der Waals surface area contributed by atoms with Crippen molar-refractivity contribution in [2.24, 2.45) is 4.99 Å². The van der Waals surface area contributed by atoms with Gasteiger partial charge in [0.25, 0.3) is 11.5 Å². The summed E-state index contributed by atoms with van der Waals surface area (Å²) in [4.78, 5) is 33.0. The number of nitrogens with zero attached hydrogens (tertiary/aromatic N) is 4. The van der Waals surface area contributed by atoms with Crippen molar-refractivity contribution >= 4 is 40.6 Å². The number of thiazole rings is 1. The Hall–Kier alpha value is -4.53. The SMILES string of the molecule is CC1=C(C(=O)Nc2ccccc2)[C@@H](c2ccc(Cl)cc2)n2c(s/c(=C/c3c(C)nn(-c4ccccc4)c3C)c2=O)=N1. The molecule has 0 saturated heterocycles. The molecule has 1 N–H and O–H groups in total. The molecule has 9 heteroatoms. The summed E-state index contributed by atoms with van der Waals surface area (Å²) in [5, 5.41) is 8.27. The van der Waals surface area contributed by atoms with E-state index in [2.05, 4.69) is 5.32 Å². The molecule has 1 aliphatic heterocycles.